The molecular formula is C19H22N2O4. The Morgan fingerprint density at radius 2 is 2.32 bits per heavy atom. The molecule has 6 heteroatoms. The Bertz CT molecular complexity index is 703. The number of likely N-dealkylation sites (tertiary alicyclic amines) is 1. The molecule has 25 heavy (non-hydrogen) atoms. The summed E-state index contributed by atoms with van der Waals surface area (Å²) in [6.45, 7) is 2.57. The van der Waals surface area contributed by atoms with Gasteiger partial charge in [0.05, 0.1) is 19.0 Å². The molecule has 0 bridgehead atoms. The van der Waals surface area contributed by atoms with E-state index in [1.165, 1.54) is 6.26 Å². The van der Waals surface area contributed by atoms with Gasteiger partial charge in [-0.05, 0) is 37.5 Å². The number of fused-ring (bicyclic) bond motifs is 1. The van der Waals surface area contributed by atoms with Crippen molar-refractivity contribution in [3.05, 3.63) is 48.6 Å². The summed E-state index contributed by atoms with van der Waals surface area (Å²) in [4.78, 5) is 18.8. The summed E-state index contributed by atoms with van der Waals surface area (Å²) in [7, 11) is 0. The van der Waals surface area contributed by atoms with E-state index in [0.29, 0.717) is 31.3 Å². The first-order chi connectivity index (χ1) is 12.3. The molecule has 0 saturated carbocycles. The monoisotopic (exact) mass is 342 g/mol. The first kappa shape index (κ1) is 16.1. The fourth-order valence-corrected chi connectivity index (χ4v) is 3.88. The molecule has 132 valence electrons. The zero-order valence-electron chi connectivity index (χ0n) is 14.1. The van der Waals surface area contributed by atoms with E-state index in [1.807, 2.05) is 23.1 Å². The van der Waals surface area contributed by atoms with Crippen molar-refractivity contribution in [2.45, 2.75) is 25.4 Å². The van der Waals surface area contributed by atoms with Crippen LogP contribution in [0.1, 0.15) is 29.8 Å². The van der Waals surface area contributed by atoms with Crippen LogP contribution in [0.2, 0.25) is 0 Å². The zero-order chi connectivity index (χ0) is 17.1. The Morgan fingerprint density at radius 1 is 1.36 bits per heavy atom. The van der Waals surface area contributed by atoms with Gasteiger partial charge in [-0.1, -0.05) is 6.07 Å². The first-order valence-electron chi connectivity index (χ1n) is 8.75. The van der Waals surface area contributed by atoms with Gasteiger partial charge in [-0.15, -0.1) is 0 Å². The number of carbonyl (C=O) groups excluding carboxylic acids is 1. The fourth-order valence-electron chi connectivity index (χ4n) is 3.88. The molecule has 2 aromatic rings. The molecule has 0 spiro atoms. The van der Waals surface area contributed by atoms with E-state index >= 15 is 0 Å². The second-order valence-electron chi connectivity index (χ2n) is 6.77. The number of carbonyl (C=O) groups is 1. The standard InChI is InChI=1S/C19H22N2O4/c22-18(15-5-3-11-23-15)21-10-7-16-19(13-21,8-4-12-24-16)14-25-17-6-1-2-9-20-17/h1-3,5-6,9,11,16H,4,7-8,10,12-14H2. The highest BCUT2D eigenvalue weighted by molar-refractivity contribution is 5.91. The summed E-state index contributed by atoms with van der Waals surface area (Å²) in [5.74, 6) is 0.929. The summed E-state index contributed by atoms with van der Waals surface area (Å²) in [5, 5.41) is 0. The first-order valence-corrected chi connectivity index (χ1v) is 8.75. The number of rotatable bonds is 4. The van der Waals surface area contributed by atoms with E-state index in [0.717, 1.165) is 25.9 Å². The molecule has 2 unspecified atom stereocenters. The van der Waals surface area contributed by atoms with Crippen molar-refractivity contribution in [3.8, 4) is 5.88 Å². The Kier molecular flexibility index (Phi) is 4.44. The van der Waals surface area contributed by atoms with Crippen molar-refractivity contribution in [3.63, 3.8) is 0 Å². The average molecular weight is 342 g/mol. The number of amides is 1. The van der Waals surface area contributed by atoms with Crippen molar-refractivity contribution in [1.82, 2.24) is 9.88 Å². The van der Waals surface area contributed by atoms with Crippen LogP contribution in [0.15, 0.2) is 47.2 Å². The van der Waals surface area contributed by atoms with Crippen molar-refractivity contribution in [2.75, 3.05) is 26.3 Å². The second kappa shape index (κ2) is 6.88. The molecule has 0 N–H and O–H groups in total. The smallest absolute Gasteiger partial charge is 0.289 e. The van der Waals surface area contributed by atoms with Crippen LogP contribution < -0.4 is 4.74 Å². The van der Waals surface area contributed by atoms with Crippen LogP contribution in [0.3, 0.4) is 0 Å². The lowest BCUT2D eigenvalue weighted by atomic mass is 9.73. The normalized spacial score (nSPS) is 26.1. The minimum absolute atomic E-state index is 0.0637. The predicted molar refractivity (Wildman–Crippen MR) is 90.4 cm³/mol. The quantitative estimate of drug-likeness (QED) is 0.855. The van der Waals surface area contributed by atoms with Crippen LogP contribution >= 0.6 is 0 Å². The molecule has 2 aliphatic rings. The lowest BCUT2D eigenvalue weighted by molar-refractivity contribution is -0.133. The number of hydrogen-bond donors (Lipinski definition) is 0. The highest BCUT2D eigenvalue weighted by Gasteiger charge is 2.48. The Balaban J connectivity index is 1.51. The molecule has 1 amide bonds. The Hall–Kier alpha value is -2.34. The maximum absolute atomic E-state index is 12.7. The molecule has 0 aliphatic carbocycles. The molecule has 6 nitrogen and oxygen atoms in total. The molecule has 4 heterocycles. The van der Waals surface area contributed by atoms with Gasteiger partial charge in [0.2, 0.25) is 5.88 Å². The third kappa shape index (κ3) is 3.26. The fraction of sp³-hybridized carbons (Fsp3) is 0.474. The van der Waals surface area contributed by atoms with Gasteiger partial charge in [0, 0.05) is 37.4 Å². The highest BCUT2D eigenvalue weighted by atomic mass is 16.5. The van der Waals surface area contributed by atoms with Gasteiger partial charge in [-0.25, -0.2) is 4.98 Å². The van der Waals surface area contributed by atoms with Gasteiger partial charge in [-0.3, -0.25) is 4.79 Å². The van der Waals surface area contributed by atoms with Crippen molar-refractivity contribution >= 4 is 5.91 Å². The van der Waals surface area contributed by atoms with Crippen LogP contribution in [0.5, 0.6) is 5.88 Å². The minimum Gasteiger partial charge on any atom is -0.477 e. The van der Waals surface area contributed by atoms with E-state index in [-0.39, 0.29) is 17.4 Å². The molecule has 0 aromatic carbocycles. The van der Waals surface area contributed by atoms with Crippen LogP contribution in [-0.4, -0.2) is 48.2 Å². The van der Waals surface area contributed by atoms with Gasteiger partial charge in [0.15, 0.2) is 5.76 Å². The zero-order valence-corrected chi connectivity index (χ0v) is 14.1. The van der Waals surface area contributed by atoms with Crippen molar-refractivity contribution in [1.29, 1.82) is 0 Å². The molecule has 2 saturated heterocycles. The maximum Gasteiger partial charge on any atom is 0.289 e. The van der Waals surface area contributed by atoms with E-state index in [1.54, 1.807) is 18.3 Å². The Labute approximate surface area is 146 Å². The number of ether oxygens (including phenoxy) is 2. The van der Waals surface area contributed by atoms with Gasteiger partial charge in [0.1, 0.15) is 0 Å². The molecule has 2 aliphatic heterocycles. The van der Waals surface area contributed by atoms with E-state index < -0.39 is 0 Å². The lowest BCUT2D eigenvalue weighted by Crippen LogP contribution is -2.58. The molecule has 4 rings (SSSR count). The van der Waals surface area contributed by atoms with Gasteiger partial charge in [0.25, 0.3) is 5.91 Å². The van der Waals surface area contributed by atoms with E-state index in [2.05, 4.69) is 4.98 Å². The van der Waals surface area contributed by atoms with Crippen LogP contribution in [0.4, 0.5) is 0 Å². The number of aromatic nitrogens is 1. The topological polar surface area (TPSA) is 64.8 Å². The summed E-state index contributed by atoms with van der Waals surface area (Å²) < 4.78 is 17.3. The van der Waals surface area contributed by atoms with Crippen molar-refractivity contribution in [2.24, 2.45) is 5.41 Å². The molecule has 2 aromatic heterocycles. The van der Waals surface area contributed by atoms with E-state index in [9.17, 15) is 4.79 Å². The second-order valence-corrected chi connectivity index (χ2v) is 6.77. The van der Waals surface area contributed by atoms with Crippen LogP contribution in [-0.2, 0) is 4.74 Å². The van der Waals surface area contributed by atoms with Crippen LogP contribution in [0.25, 0.3) is 0 Å². The number of hydrogen-bond acceptors (Lipinski definition) is 5. The summed E-state index contributed by atoms with van der Waals surface area (Å²) >= 11 is 0. The SMILES string of the molecule is O=C(c1ccco1)N1CCC2OCCCC2(COc2ccccn2)C1. The molecule has 0 radical (unpaired) electrons. The maximum atomic E-state index is 12.7. The summed E-state index contributed by atoms with van der Waals surface area (Å²) in [5.41, 5.74) is -0.198. The van der Waals surface area contributed by atoms with Gasteiger partial charge >= 0.3 is 0 Å². The minimum atomic E-state index is -0.198. The van der Waals surface area contributed by atoms with Gasteiger partial charge in [-0.2, -0.15) is 0 Å². The molecular weight excluding hydrogens is 320 g/mol. The number of pyridine rings is 1. The predicted octanol–water partition coefficient (Wildman–Crippen LogP) is 2.76. The molecule has 2 atom stereocenters. The number of furan rings is 1. The summed E-state index contributed by atoms with van der Waals surface area (Å²) in [6, 6.07) is 9.07. The Morgan fingerprint density at radius 3 is 3.12 bits per heavy atom. The highest BCUT2D eigenvalue weighted by Crippen LogP contribution is 2.40. The van der Waals surface area contributed by atoms with Crippen molar-refractivity contribution < 1.29 is 18.7 Å². The number of nitrogens with zero attached hydrogens (tertiary/aromatic N) is 2. The average Bonchev–Trinajstić information content (AvgIpc) is 3.21. The summed E-state index contributed by atoms with van der Waals surface area (Å²) in [6.07, 6.45) is 6.14. The van der Waals surface area contributed by atoms with Gasteiger partial charge < -0.3 is 18.8 Å². The number of piperidine rings is 1. The third-order valence-electron chi connectivity index (χ3n) is 5.15. The van der Waals surface area contributed by atoms with Crippen LogP contribution in [0, 0.1) is 5.41 Å². The molecule has 2 fully saturated rings. The third-order valence-corrected chi connectivity index (χ3v) is 5.15. The lowest BCUT2D eigenvalue weighted by Gasteiger charge is -2.49. The van der Waals surface area contributed by atoms with E-state index in [4.69, 9.17) is 13.9 Å². The largest absolute Gasteiger partial charge is 0.477 e.